The fraction of sp³-hybridized carbons (Fsp3) is 0.647. The molecule has 21 heavy (non-hydrogen) atoms. The lowest BCUT2D eigenvalue weighted by atomic mass is 10.0. The molecular formula is C17H24ClFN2. The van der Waals surface area contributed by atoms with Crippen molar-refractivity contribution in [1.29, 1.82) is 0 Å². The summed E-state index contributed by atoms with van der Waals surface area (Å²) in [5.41, 5.74) is 1.11. The first-order chi connectivity index (χ1) is 10.1. The van der Waals surface area contributed by atoms with Crippen molar-refractivity contribution in [1.82, 2.24) is 10.2 Å². The molecule has 2 unspecified atom stereocenters. The normalized spacial score (nSPS) is 23.7. The minimum Gasteiger partial charge on any atom is -0.313 e. The molecule has 1 aromatic carbocycles. The molecule has 2 fully saturated rings. The molecule has 1 saturated carbocycles. The Labute approximate surface area is 131 Å². The maximum atomic E-state index is 13.4. The van der Waals surface area contributed by atoms with E-state index in [-0.39, 0.29) is 16.9 Å². The summed E-state index contributed by atoms with van der Waals surface area (Å²) in [6.07, 6.45) is 5.24. The number of nitrogens with one attached hydrogen (secondary N) is 1. The topological polar surface area (TPSA) is 15.3 Å². The minimum atomic E-state index is -0.334. The van der Waals surface area contributed by atoms with Crippen LogP contribution in [-0.2, 0) is 0 Å². The van der Waals surface area contributed by atoms with E-state index in [1.54, 1.807) is 6.07 Å². The number of rotatable bonds is 6. The van der Waals surface area contributed by atoms with Crippen LogP contribution in [0.3, 0.4) is 0 Å². The summed E-state index contributed by atoms with van der Waals surface area (Å²) in [7, 11) is 0. The maximum absolute atomic E-state index is 13.4. The van der Waals surface area contributed by atoms with Crippen LogP contribution in [0.5, 0.6) is 0 Å². The quantitative estimate of drug-likeness (QED) is 0.854. The molecule has 0 radical (unpaired) electrons. The lowest BCUT2D eigenvalue weighted by Gasteiger charge is -2.32. The monoisotopic (exact) mass is 310 g/mol. The standard InChI is InChI=1S/C17H24ClFN2/c1-12(14-6-7-17(19)16(18)9-14)21(10-13-4-5-13)11-15-3-2-8-20-15/h6-7,9,12-13,15,20H,2-5,8,10-11H2,1H3. The lowest BCUT2D eigenvalue weighted by Crippen LogP contribution is -2.40. The second-order valence-electron chi connectivity index (χ2n) is 6.54. The van der Waals surface area contributed by atoms with Crippen molar-refractivity contribution >= 4 is 11.6 Å². The number of hydrogen-bond acceptors (Lipinski definition) is 2. The summed E-state index contributed by atoms with van der Waals surface area (Å²) in [5.74, 6) is 0.517. The fourth-order valence-electron chi connectivity index (χ4n) is 3.20. The van der Waals surface area contributed by atoms with Gasteiger partial charge < -0.3 is 5.32 Å². The van der Waals surface area contributed by atoms with Gasteiger partial charge in [-0.05, 0) is 62.8 Å². The van der Waals surface area contributed by atoms with Crippen molar-refractivity contribution in [2.24, 2.45) is 5.92 Å². The first-order valence-electron chi connectivity index (χ1n) is 8.06. The minimum absolute atomic E-state index is 0.227. The highest BCUT2D eigenvalue weighted by molar-refractivity contribution is 6.30. The summed E-state index contributed by atoms with van der Waals surface area (Å²) >= 11 is 5.95. The van der Waals surface area contributed by atoms with E-state index < -0.39 is 0 Å². The summed E-state index contributed by atoms with van der Waals surface area (Å²) in [6.45, 7) is 5.57. The molecule has 2 atom stereocenters. The highest BCUT2D eigenvalue weighted by Gasteiger charge is 2.29. The molecule has 1 heterocycles. The van der Waals surface area contributed by atoms with Crippen molar-refractivity contribution < 1.29 is 4.39 Å². The Morgan fingerprint density at radius 3 is 2.76 bits per heavy atom. The van der Waals surface area contributed by atoms with Crippen LogP contribution in [0.4, 0.5) is 4.39 Å². The molecule has 0 bridgehead atoms. The summed E-state index contributed by atoms with van der Waals surface area (Å²) in [4.78, 5) is 2.55. The maximum Gasteiger partial charge on any atom is 0.141 e. The van der Waals surface area contributed by atoms with Gasteiger partial charge >= 0.3 is 0 Å². The van der Waals surface area contributed by atoms with Crippen LogP contribution >= 0.6 is 11.6 Å². The average molecular weight is 311 g/mol. The van der Waals surface area contributed by atoms with Crippen LogP contribution in [-0.4, -0.2) is 30.6 Å². The van der Waals surface area contributed by atoms with Gasteiger partial charge in [0, 0.05) is 25.2 Å². The number of nitrogens with zero attached hydrogens (tertiary/aromatic N) is 1. The highest BCUT2D eigenvalue weighted by atomic mass is 35.5. The van der Waals surface area contributed by atoms with E-state index in [2.05, 4.69) is 17.1 Å². The first-order valence-corrected chi connectivity index (χ1v) is 8.43. The number of hydrogen-bond donors (Lipinski definition) is 1. The molecular weight excluding hydrogens is 287 g/mol. The smallest absolute Gasteiger partial charge is 0.141 e. The molecule has 0 amide bonds. The van der Waals surface area contributed by atoms with E-state index in [1.165, 1.54) is 31.7 Å². The van der Waals surface area contributed by atoms with Crippen LogP contribution in [0.1, 0.15) is 44.2 Å². The van der Waals surface area contributed by atoms with Crippen molar-refractivity contribution in [3.8, 4) is 0 Å². The Morgan fingerprint density at radius 2 is 2.14 bits per heavy atom. The van der Waals surface area contributed by atoms with E-state index in [1.807, 2.05) is 6.07 Å². The number of halogens is 2. The van der Waals surface area contributed by atoms with Gasteiger partial charge in [0.1, 0.15) is 5.82 Å². The molecule has 1 saturated heterocycles. The Morgan fingerprint density at radius 1 is 1.33 bits per heavy atom. The third kappa shape index (κ3) is 3.97. The van der Waals surface area contributed by atoms with Gasteiger partial charge in [0.2, 0.25) is 0 Å². The van der Waals surface area contributed by atoms with Crippen LogP contribution < -0.4 is 5.32 Å². The zero-order valence-electron chi connectivity index (χ0n) is 12.6. The predicted molar refractivity (Wildman–Crippen MR) is 85.1 cm³/mol. The zero-order chi connectivity index (χ0) is 14.8. The van der Waals surface area contributed by atoms with Gasteiger partial charge in [-0.2, -0.15) is 0 Å². The Balaban J connectivity index is 1.71. The fourth-order valence-corrected chi connectivity index (χ4v) is 3.39. The van der Waals surface area contributed by atoms with E-state index >= 15 is 0 Å². The molecule has 1 aromatic rings. The van der Waals surface area contributed by atoms with Crippen LogP contribution in [0, 0.1) is 11.7 Å². The molecule has 0 spiro atoms. The molecule has 1 N–H and O–H groups in total. The predicted octanol–water partition coefficient (Wildman–Crippen LogP) is 4.00. The van der Waals surface area contributed by atoms with E-state index in [4.69, 9.17) is 11.6 Å². The molecule has 116 valence electrons. The third-order valence-electron chi connectivity index (χ3n) is 4.78. The summed E-state index contributed by atoms with van der Waals surface area (Å²) < 4.78 is 13.4. The van der Waals surface area contributed by atoms with E-state index in [0.29, 0.717) is 6.04 Å². The van der Waals surface area contributed by atoms with Gasteiger partial charge in [-0.25, -0.2) is 4.39 Å². The Kier molecular flexibility index (Phi) is 4.82. The summed E-state index contributed by atoms with van der Waals surface area (Å²) in [5, 5.41) is 3.81. The molecule has 1 aliphatic carbocycles. The van der Waals surface area contributed by atoms with Crippen molar-refractivity contribution in [3.63, 3.8) is 0 Å². The molecule has 1 aliphatic heterocycles. The zero-order valence-corrected chi connectivity index (χ0v) is 13.4. The van der Waals surface area contributed by atoms with Gasteiger partial charge in [0.05, 0.1) is 5.02 Å². The van der Waals surface area contributed by atoms with Gasteiger partial charge in [0.15, 0.2) is 0 Å². The lowest BCUT2D eigenvalue weighted by molar-refractivity contribution is 0.184. The molecule has 2 nitrogen and oxygen atoms in total. The summed E-state index contributed by atoms with van der Waals surface area (Å²) in [6, 6.07) is 6.02. The molecule has 2 aliphatic rings. The van der Waals surface area contributed by atoms with Gasteiger partial charge in [-0.15, -0.1) is 0 Å². The van der Waals surface area contributed by atoms with E-state index in [9.17, 15) is 4.39 Å². The molecule has 4 heteroatoms. The third-order valence-corrected chi connectivity index (χ3v) is 5.07. The Bertz CT molecular complexity index is 484. The highest BCUT2D eigenvalue weighted by Crippen LogP contribution is 2.33. The van der Waals surface area contributed by atoms with Crippen LogP contribution in [0.2, 0.25) is 5.02 Å². The van der Waals surface area contributed by atoms with Crippen molar-refractivity contribution in [2.75, 3.05) is 19.6 Å². The SMILES string of the molecule is CC(c1ccc(F)c(Cl)c1)N(CC1CC1)CC1CCCN1. The van der Waals surface area contributed by atoms with Crippen molar-refractivity contribution in [3.05, 3.63) is 34.6 Å². The van der Waals surface area contributed by atoms with E-state index in [0.717, 1.165) is 31.1 Å². The second-order valence-corrected chi connectivity index (χ2v) is 6.95. The average Bonchev–Trinajstić information content (AvgIpc) is 3.14. The van der Waals surface area contributed by atoms with Crippen LogP contribution in [0.25, 0.3) is 0 Å². The molecule has 0 aromatic heterocycles. The largest absolute Gasteiger partial charge is 0.313 e. The van der Waals surface area contributed by atoms with Crippen molar-refractivity contribution in [2.45, 2.75) is 44.7 Å². The van der Waals surface area contributed by atoms with Gasteiger partial charge in [-0.1, -0.05) is 17.7 Å². The number of benzene rings is 1. The van der Waals surface area contributed by atoms with Gasteiger partial charge in [0.25, 0.3) is 0 Å². The molecule has 3 rings (SSSR count). The Hall–Kier alpha value is -0.640. The second kappa shape index (κ2) is 6.64. The van der Waals surface area contributed by atoms with Crippen LogP contribution in [0.15, 0.2) is 18.2 Å². The first kappa shape index (κ1) is 15.3. The van der Waals surface area contributed by atoms with Gasteiger partial charge in [-0.3, -0.25) is 4.90 Å².